The van der Waals surface area contributed by atoms with E-state index in [1.54, 1.807) is 0 Å². The molecule has 6 aromatic carbocycles. The summed E-state index contributed by atoms with van der Waals surface area (Å²) in [4.78, 5) is 0. The lowest BCUT2D eigenvalue weighted by molar-refractivity contribution is 0.648. The van der Waals surface area contributed by atoms with Gasteiger partial charge in [-0.25, -0.2) is 0 Å². The monoisotopic (exact) mass is 615 g/mol. The van der Waals surface area contributed by atoms with Crippen LogP contribution in [-0.4, -0.2) is 4.57 Å². The van der Waals surface area contributed by atoms with Crippen molar-refractivity contribution in [2.24, 2.45) is 0 Å². The Morgan fingerprint density at radius 1 is 0.542 bits per heavy atom. The predicted molar refractivity (Wildman–Crippen MR) is 205 cm³/mol. The van der Waals surface area contributed by atoms with Gasteiger partial charge in [-0.3, -0.25) is 0 Å². The van der Waals surface area contributed by atoms with Crippen LogP contribution >= 0.6 is 0 Å². The van der Waals surface area contributed by atoms with Crippen LogP contribution in [0.25, 0.3) is 60.8 Å². The minimum Gasteiger partial charge on any atom is -0.333 e. The number of allylic oxidation sites excluding steroid dienone is 4. The van der Waals surface area contributed by atoms with E-state index in [2.05, 4.69) is 171 Å². The van der Waals surface area contributed by atoms with Gasteiger partial charge in [0, 0.05) is 21.8 Å². The molecule has 1 unspecified atom stereocenters. The second kappa shape index (κ2) is 11.2. The molecule has 1 nitrogen and oxygen atoms in total. The molecule has 48 heavy (non-hydrogen) atoms. The van der Waals surface area contributed by atoms with Crippen molar-refractivity contribution >= 4 is 27.4 Å². The van der Waals surface area contributed by atoms with Gasteiger partial charge >= 0.3 is 0 Å². The normalized spacial score (nSPS) is 15.2. The third-order valence-corrected chi connectivity index (χ3v) is 10.6. The molecule has 230 valence electrons. The van der Waals surface area contributed by atoms with Crippen molar-refractivity contribution in [3.05, 3.63) is 186 Å². The van der Waals surface area contributed by atoms with Crippen molar-refractivity contribution in [2.75, 3.05) is 0 Å². The number of aromatic nitrogens is 1. The van der Waals surface area contributed by atoms with E-state index < -0.39 is 0 Å². The molecular weight excluding hydrogens is 579 g/mol. The number of rotatable bonds is 4. The molecule has 0 bridgehead atoms. The number of nitrogens with zero attached hydrogens (tertiary/aromatic N) is 1. The van der Waals surface area contributed by atoms with Gasteiger partial charge in [-0.05, 0) is 123 Å². The lowest BCUT2D eigenvalue weighted by atomic mass is 9.80. The Kier molecular flexibility index (Phi) is 6.69. The average molecular weight is 616 g/mol. The first-order chi connectivity index (χ1) is 23.5. The summed E-state index contributed by atoms with van der Waals surface area (Å²) in [7, 11) is 0. The van der Waals surface area contributed by atoms with Crippen molar-refractivity contribution < 1.29 is 0 Å². The highest BCUT2D eigenvalue weighted by Gasteiger charge is 2.22. The summed E-state index contributed by atoms with van der Waals surface area (Å²) in [6, 6.07) is 45.6. The van der Waals surface area contributed by atoms with E-state index in [0.29, 0.717) is 6.04 Å². The van der Waals surface area contributed by atoms with Crippen molar-refractivity contribution in [3.8, 4) is 33.4 Å². The molecule has 1 heterocycles. The summed E-state index contributed by atoms with van der Waals surface area (Å²) in [5, 5.41) is 2.62. The first kappa shape index (κ1) is 28.6. The van der Waals surface area contributed by atoms with E-state index in [4.69, 9.17) is 0 Å². The molecule has 9 rings (SSSR count). The van der Waals surface area contributed by atoms with Crippen LogP contribution in [0, 0.1) is 13.8 Å². The Morgan fingerprint density at radius 3 is 1.92 bits per heavy atom. The predicted octanol–water partition coefficient (Wildman–Crippen LogP) is 12.4. The first-order valence-electron chi connectivity index (χ1n) is 17.0. The van der Waals surface area contributed by atoms with E-state index in [1.807, 2.05) is 0 Å². The van der Waals surface area contributed by atoms with Crippen LogP contribution in [0.4, 0.5) is 0 Å². The summed E-state index contributed by atoms with van der Waals surface area (Å²) in [5.41, 5.74) is 19.1. The minimum absolute atomic E-state index is 0.330. The van der Waals surface area contributed by atoms with Crippen LogP contribution < -0.4 is 0 Å². The summed E-state index contributed by atoms with van der Waals surface area (Å²) < 4.78 is 2.51. The average Bonchev–Trinajstić information content (AvgIpc) is 3.46. The van der Waals surface area contributed by atoms with E-state index in [-0.39, 0.29) is 0 Å². The second-order valence-corrected chi connectivity index (χ2v) is 13.5. The van der Waals surface area contributed by atoms with E-state index >= 15 is 0 Å². The topological polar surface area (TPSA) is 4.93 Å². The van der Waals surface area contributed by atoms with Crippen molar-refractivity contribution in [1.82, 2.24) is 4.57 Å². The minimum atomic E-state index is 0.330. The molecule has 1 aromatic heterocycles. The summed E-state index contributed by atoms with van der Waals surface area (Å²) in [6.07, 6.45) is 10.8. The molecule has 0 N–H and O–H groups in total. The van der Waals surface area contributed by atoms with Crippen LogP contribution in [-0.2, 0) is 6.42 Å². The largest absolute Gasteiger partial charge is 0.333 e. The maximum absolute atomic E-state index is 4.59. The molecule has 0 aliphatic heterocycles. The molecule has 2 aliphatic rings. The molecule has 0 radical (unpaired) electrons. The Morgan fingerprint density at radius 2 is 1.17 bits per heavy atom. The molecular formula is C47H37N. The molecule has 2 aliphatic carbocycles. The Bertz CT molecular complexity index is 2500. The van der Waals surface area contributed by atoms with Gasteiger partial charge in [0.15, 0.2) is 0 Å². The van der Waals surface area contributed by atoms with Gasteiger partial charge in [0.25, 0.3) is 0 Å². The molecule has 0 saturated carbocycles. The highest BCUT2D eigenvalue weighted by molar-refractivity contribution is 6.09. The number of benzene rings is 6. The summed E-state index contributed by atoms with van der Waals surface area (Å²) in [6.45, 7) is 8.99. The van der Waals surface area contributed by atoms with Crippen molar-refractivity contribution in [1.29, 1.82) is 0 Å². The van der Waals surface area contributed by atoms with Crippen LogP contribution in [0.3, 0.4) is 0 Å². The number of hydrogen-bond acceptors (Lipinski definition) is 0. The lowest BCUT2D eigenvalue weighted by Crippen LogP contribution is -2.07. The number of para-hydroxylation sites is 1. The van der Waals surface area contributed by atoms with Gasteiger partial charge in [0.2, 0.25) is 0 Å². The standard InChI is InChI=1S/C47H37N/c1-30-11-7-8-14-40(30)44-28-35(18-17-31(44)2)33-19-22-41-32(3)42-23-20-34(26-38(42)27-37(41)25-33)36-21-24-47-45(29-36)43-15-9-10-16-46(43)48(47)39-12-5-4-6-13-39/h4-12,14-26,28-29,39H,3,13,27H2,1-2H3. The zero-order valence-corrected chi connectivity index (χ0v) is 27.5. The Hall–Kier alpha value is -5.66. The lowest BCUT2D eigenvalue weighted by Gasteiger charge is -2.24. The highest BCUT2D eigenvalue weighted by Crippen LogP contribution is 2.41. The van der Waals surface area contributed by atoms with Crippen LogP contribution in [0.2, 0.25) is 0 Å². The maximum atomic E-state index is 4.59. The van der Waals surface area contributed by atoms with E-state index in [9.17, 15) is 0 Å². The van der Waals surface area contributed by atoms with E-state index in [1.165, 1.54) is 88.6 Å². The van der Waals surface area contributed by atoms with Crippen LogP contribution in [0.1, 0.15) is 45.8 Å². The third kappa shape index (κ3) is 4.61. The van der Waals surface area contributed by atoms with Crippen LogP contribution in [0.5, 0.6) is 0 Å². The van der Waals surface area contributed by atoms with Gasteiger partial charge in [-0.1, -0.05) is 128 Å². The van der Waals surface area contributed by atoms with Gasteiger partial charge in [0.05, 0.1) is 6.04 Å². The molecule has 1 heteroatoms. The number of fused-ring (bicyclic) bond motifs is 5. The fourth-order valence-electron chi connectivity index (χ4n) is 8.04. The summed E-state index contributed by atoms with van der Waals surface area (Å²) in [5.74, 6) is 0. The van der Waals surface area contributed by atoms with Gasteiger partial charge in [0.1, 0.15) is 0 Å². The zero-order chi connectivity index (χ0) is 32.4. The van der Waals surface area contributed by atoms with E-state index in [0.717, 1.165) is 18.4 Å². The fourth-order valence-corrected chi connectivity index (χ4v) is 8.04. The van der Waals surface area contributed by atoms with Gasteiger partial charge in [-0.15, -0.1) is 0 Å². The number of hydrogen-bond donors (Lipinski definition) is 0. The van der Waals surface area contributed by atoms with Crippen molar-refractivity contribution in [3.63, 3.8) is 0 Å². The SMILES string of the molecule is C=C1c2ccc(-c3ccc(C)c(-c4ccccc4C)c3)cc2Cc2cc(-c3ccc4c(c3)c3ccccc3n4C3C=CC=CC3)ccc21. The first-order valence-corrected chi connectivity index (χ1v) is 17.0. The Balaban J connectivity index is 1.09. The van der Waals surface area contributed by atoms with Crippen LogP contribution in [0.15, 0.2) is 152 Å². The molecule has 0 amide bonds. The quantitative estimate of drug-likeness (QED) is 0.186. The molecule has 0 saturated heterocycles. The fraction of sp³-hybridized carbons (Fsp3) is 0.106. The maximum Gasteiger partial charge on any atom is 0.0560 e. The summed E-state index contributed by atoms with van der Waals surface area (Å²) >= 11 is 0. The molecule has 0 spiro atoms. The van der Waals surface area contributed by atoms with Crippen molar-refractivity contribution in [2.45, 2.75) is 32.7 Å². The smallest absolute Gasteiger partial charge is 0.0560 e. The molecule has 7 aromatic rings. The molecule has 1 atom stereocenters. The highest BCUT2D eigenvalue weighted by atomic mass is 15.0. The number of aryl methyl sites for hydroxylation is 2. The second-order valence-electron chi connectivity index (χ2n) is 13.5. The zero-order valence-electron chi connectivity index (χ0n) is 27.5. The molecule has 0 fully saturated rings. The Labute approximate surface area is 282 Å². The van der Waals surface area contributed by atoms with Gasteiger partial charge in [-0.2, -0.15) is 0 Å². The van der Waals surface area contributed by atoms with Gasteiger partial charge < -0.3 is 4.57 Å². The third-order valence-electron chi connectivity index (χ3n) is 10.6.